The van der Waals surface area contributed by atoms with E-state index >= 15 is 0 Å². The molecule has 2 bridgehead atoms. The topological polar surface area (TPSA) is 76.0 Å². The van der Waals surface area contributed by atoms with Crippen molar-refractivity contribution in [1.29, 1.82) is 0 Å². The van der Waals surface area contributed by atoms with E-state index in [1.54, 1.807) is 10.6 Å². The van der Waals surface area contributed by atoms with Crippen LogP contribution in [0.1, 0.15) is 44.1 Å². The van der Waals surface area contributed by atoms with E-state index < -0.39 is 40.4 Å². The zero-order valence-electron chi connectivity index (χ0n) is 22.0. The van der Waals surface area contributed by atoms with Crippen molar-refractivity contribution in [2.24, 2.45) is 0 Å². The first kappa shape index (κ1) is 26.9. The smallest absolute Gasteiger partial charge is 0.426 e. The van der Waals surface area contributed by atoms with Gasteiger partial charge in [0.1, 0.15) is 12.8 Å². The number of aromatic nitrogens is 1. The van der Waals surface area contributed by atoms with Gasteiger partial charge in [-0.05, 0) is 41.9 Å². The fourth-order valence-electron chi connectivity index (χ4n) is 4.04. The van der Waals surface area contributed by atoms with Gasteiger partial charge in [0, 0.05) is 33.7 Å². The van der Waals surface area contributed by atoms with Crippen LogP contribution in [-0.2, 0) is 25.4 Å². The first-order chi connectivity index (χ1) is 15.5. The average Bonchev–Trinajstić information content (AvgIpc) is 3.15. The van der Waals surface area contributed by atoms with Gasteiger partial charge in [-0.1, -0.05) is 47.0 Å². The quantitative estimate of drug-likeness (QED) is 0.134. The van der Waals surface area contributed by atoms with Crippen molar-refractivity contribution in [2.45, 2.75) is 102 Å². The zero-order valence-corrected chi connectivity index (χ0v) is 24.0. The summed E-state index contributed by atoms with van der Waals surface area (Å²) in [6.07, 6.45) is 0.446. The van der Waals surface area contributed by atoms with E-state index in [4.69, 9.17) is 18.6 Å². The Morgan fingerprint density at radius 3 is 2.53 bits per heavy atom. The number of Topliss-reactive ketones (excluding diaryl/α,β-unsaturated/α-hetero) is 1. The van der Waals surface area contributed by atoms with Crippen molar-refractivity contribution in [3.8, 4) is 0 Å². The number of ketones is 1. The zero-order chi connectivity index (χ0) is 25.5. The Kier molecular flexibility index (Phi) is 7.44. The van der Waals surface area contributed by atoms with E-state index in [9.17, 15) is 9.59 Å². The number of rotatable bonds is 9. The second-order valence-electron chi connectivity index (χ2n) is 12.3. The van der Waals surface area contributed by atoms with E-state index in [1.807, 2.05) is 12.3 Å². The lowest BCUT2D eigenvalue weighted by atomic mass is 9.75. The van der Waals surface area contributed by atoms with E-state index in [-0.39, 0.29) is 30.4 Å². The number of ether oxygens (including phenoxy) is 3. The second-order valence-corrected chi connectivity index (χ2v) is 22.7. The van der Waals surface area contributed by atoms with Gasteiger partial charge < -0.3 is 23.2 Å². The van der Waals surface area contributed by atoms with Crippen LogP contribution in [0.25, 0.3) is 0 Å². The van der Waals surface area contributed by atoms with Crippen LogP contribution in [0.5, 0.6) is 0 Å². The summed E-state index contributed by atoms with van der Waals surface area (Å²) in [4.78, 5) is 26.2. The molecule has 1 aromatic rings. The lowest BCUT2D eigenvalue weighted by Crippen LogP contribution is -2.60. The van der Waals surface area contributed by atoms with E-state index in [2.05, 4.69) is 60.1 Å². The Bertz CT molecular complexity index is 942. The molecule has 0 spiro atoms. The normalized spacial score (nSPS) is 25.6. The van der Waals surface area contributed by atoms with Gasteiger partial charge in [-0.3, -0.25) is 4.79 Å². The van der Waals surface area contributed by atoms with Gasteiger partial charge in [-0.25, -0.2) is 4.79 Å². The van der Waals surface area contributed by atoms with Crippen LogP contribution in [0.15, 0.2) is 30.5 Å². The highest BCUT2D eigenvalue weighted by molar-refractivity contribution is 6.76. The SMILES string of the molecule is C=C1[C@@H](O[Si](C)(C)C(C)(C)C)C[C@]2(C(=O)c3cccn3COCC[Si](C)(C)C)C[C@H]1OC(=O)O2. The molecule has 3 rings (SSSR count). The molecule has 1 aliphatic carbocycles. The Hall–Kier alpha value is -1.69. The summed E-state index contributed by atoms with van der Waals surface area (Å²) < 4.78 is 25.4. The van der Waals surface area contributed by atoms with Gasteiger partial charge in [0.15, 0.2) is 13.9 Å². The molecule has 2 fully saturated rings. The molecule has 34 heavy (non-hydrogen) atoms. The van der Waals surface area contributed by atoms with E-state index in [0.717, 1.165) is 6.04 Å². The van der Waals surface area contributed by atoms with Crippen molar-refractivity contribution in [2.75, 3.05) is 6.61 Å². The van der Waals surface area contributed by atoms with Gasteiger partial charge in [-0.15, -0.1) is 0 Å². The highest BCUT2D eigenvalue weighted by Crippen LogP contribution is 2.46. The van der Waals surface area contributed by atoms with Gasteiger partial charge in [-0.2, -0.15) is 0 Å². The first-order valence-corrected chi connectivity index (χ1v) is 18.7. The highest BCUT2D eigenvalue weighted by Gasteiger charge is 2.57. The van der Waals surface area contributed by atoms with E-state index in [0.29, 0.717) is 17.9 Å². The summed E-state index contributed by atoms with van der Waals surface area (Å²) in [7, 11) is -3.38. The number of hydrogen-bond acceptors (Lipinski definition) is 6. The molecule has 0 radical (unpaired) electrons. The fraction of sp³-hybridized carbons (Fsp3) is 0.680. The van der Waals surface area contributed by atoms with Crippen LogP contribution in [0.2, 0.25) is 43.8 Å². The Morgan fingerprint density at radius 2 is 1.91 bits per heavy atom. The summed E-state index contributed by atoms with van der Waals surface area (Å²) in [6.45, 7) is 22.8. The summed E-state index contributed by atoms with van der Waals surface area (Å²) in [6, 6.07) is 4.62. The van der Waals surface area contributed by atoms with Crippen LogP contribution in [0.3, 0.4) is 0 Å². The third-order valence-electron chi connectivity index (χ3n) is 7.32. The van der Waals surface area contributed by atoms with Gasteiger partial charge in [0.25, 0.3) is 0 Å². The number of hydrogen-bond donors (Lipinski definition) is 0. The van der Waals surface area contributed by atoms with Crippen LogP contribution in [0.4, 0.5) is 4.79 Å². The lowest BCUT2D eigenvalue weighted by molar-refractivity contribution is -0.119. The van der Waals surface area contributed by atoms with Crippen molar-refractivity contribution >= 4 is 28.3 Å². The largest absolute Gasteiger partial charge is 0.509 e. The molecule has 7 nitrogen and oxygen atoms in total. The van der Waals surface area contributed by atoms with Crippen LogP contribution in [-0.4, -0.2) is 57.3 Å². The lowest BCUT2D eigenvalue weighted by Gasteiger charge is -2.49. The molecule has 0 unspecified atom stereocenters. The Balaban J connectivity index is 1.83. The fourth-order valence-corrected chi connectivity index (χ4v) is 6.10. The molecule has 1 aliphatic heterocycles. The number of carbonyl (C=O) groups excluding carboxylic acids is 2. The maximum Gasteiger partial charge on any atom is 0.509 e. The molecule has 1 aromatic heterocycles. The predicted octanol–water partition coefficient (Wildman–Crippen LogP) is 6.00. The Morgan fingerprint density at radius 1 is 1.24 bits per heavy atom. The highest BCUT2D eigenvalue weighted by atomic mass is 28.4. The van der Waals surface area contributed by atoms with Crippen molar-refractivity contribution in [1.82, 2.24) is 4.57 Å². The van der Waals surface area contributed by atoms with Crippen molar-refractivity contribution in [3.05, 3.63) is 36.2 Å². The summed E-state index contributed by atoms with van der Waals surface area (Å²) in [5.41, 5.74) is -0.183. The molecule has 2 heterocycles. The monoisotopic (exact) mass is 507 g/mol. The average molecular weight is 508 g/mol. The third kappa shape index (κ3) is 5.75. The molecule has 0 N–H and O–H groups in total. The van der Waals surface area contributed by atoms with Gasteiger partial charge >= 0.3 is 6.16 Å². The van der Waals surface area contributed by atoms with Crippen molar-refractivity contribution in [3.63, 3.8) is 0 Å². The molecule has 0 amide bonds. The number of nitrogens with zero attached hydrogens (tertiary/aromatic N) is 1. The van der Waals surface area contributed by atoms with Gasteiger partial charge in [0.05, 0.1) is 11.8 Å². The summed E-state index contributed by atoms with van der Waals surface area (Å²) in [5.74, 6) is -0.246. The number of carbonyl (C=O) groups is 2. The molecular weight excluding hydrogens is 466 g/mol. The standard InChI is InChI=1S/C25H41NO6Si2/c1-18-20-15-25(31-23(28)30-20,16-21(18)32-34(8,9)24(2,3)4)22(27)19-11-10-12-26(19)17-29-13-14-33(5,6)7/h10-12,20-21H,1,13-17H2,2-9H3/t20-,21+,25+/m1/s1. The maximum atomic E-state index is 13.9. The minimum Gasteiger partial charge on any atom is -0.426 e. The Labute approximate surface area is 205 Å². The molecule has 2 aliphatic rings. The van der Waals surface area contributed by atoms with Crippen molar-refractivity contribution < 1.29 is 28.2 Å². The minimum absolute atomic E-state index is 0.0174. The van der Waals surface area contributed by atoms with Crippen LogP contribution < -0.4 is 0 Å². The summed E-state index contributed by atoms with van der Waals surface area (Å²) in [5, 5.41) is -0.0174. The molecule has 3 atom stereocenters. The number of fused-ring (bicyclic) bond motifs is 2. The molecule has 1 saturated heterocycles. The predicted molar refractivity (Wildman–Crippen MR) is 137 cm³/mol. The van der Waals surface area contributed by atoms with Gasteiger partial charge in [0.2, 0.25) is 5.78 Å². The minimum atomic E-state index is -2.17. The first-order valence-electron chi connectivity index (χ1n) is 12.1. The maximum absolute atomic E-state index is 13.9. The third-order valence-corrected chi connectivity index (χ3v) is 13.5. The molecule has 190 valence electrons. The van der Waals surface area contributed by atoms with Crippen LogP contribution in [0, 0.1) is 0 Å². The second kappa shape index (κ2) is 9.40. The molecule has 0 aromatic carbocycles. The molecule has 1 saturated carbocycles. The molecule has 9 heteroatoms. The summed E-state index contributed by atoms with van der Waals surface area (Å²) >= 11 is 0. The molecular formula is C25H41NO6Si2. The van der Waals surface area contributed by atoms with Crippen LogP contribution >= 0.6 is 0 Å². The van der Waals surface area contributed by atoms with E-state index in [1.165, 1.54) is 0 Å².